The first-order valence-corrected chi connectivity index (χ1v) is 12.2. The number of amides is 1. The van der Waals surface area contributed by atoms with Crippen molar-refractivity contribution < 1.29 is 18.7 Å². The van der Waals surface area contributed by atoms with E-state index in [4.69, 9.17) is 4.74 Å². The standard InChI is InChI=1S/C26H30FN5O3/c1-4-17-13-23(25(33)31-11-7-5-6-10-30(31)2)28-24-15-22(29-32(17)24)18-9-8-16(12-21(18)27)19-14-20(19)26(34)35-3/h8-9,12-13,15,19-20H,4-7,10-11,14H2,1-3H3/t19?,20-/m1/s1. The fraction of sp³-hybridized carbons (Fsp3) is 0.462. The van der Waals surface area contributed by atoms with E-state index in [1.807, 2.05) is 25.0 Å². The Bertz CT molecular complexity index is 1290. The molecule has 0 N–H and O–H groups in total. The molecule has 2 aromatic heterocycles. The summed E-state index contributed by atoms with van der Waals surface area (Å²) in [7, 11) is 3.30. The quantitative estimate of drug-likeness (QED) is 0.517. The maximum atomic E-state index is 15.1. The van der Waals surface area contributed by atoms with Gasteiger partial charge in [0.05, 0.1) is 18.7 Å². The van der Waals surface area contributed by atoms with Crippen molar-refractivity contribution in [2.24, 2.45) is 5.92 Å². The lowest BCUT2D eigenvalue weighted by molar-refractivity contribution is -0.142. The van der Waals surface area contributed by atoms with Gasteiger partial charge >= 0.3 is 5.97 Å². The molecule has 1 saturated heterocycles. The van der Waals surface area contributed by atoms with Gasteiger partial charge in [-0.15, -0.1) is 0 Å². The second kappa shape index (κ2) is 9.37. The third-order valence-corrected chi connectivity index (χ3v) is 7.07. The third-order valence-electron chi connectivity index (χ3n) is 7.07. The number of aromatic nitrogens is 3. The Morgan fingerprint density at radius 3 is 2.69 bits per heavy atom. The lowest BCUT2D eigenvalue weighted by atomic mass is 10.0. The van der Waals surface area contributed by atoms with Gasteiger partial charge in [0, 0.05) is 37.5 Å². The summed E-state index contributed by atoms with van der Waals surface area (Å²) in [5.74, 6) is -0.992. The van der Waals surface area contributed by atoms with E-state index in [9.17, 15) is 9.59 Å². The van der Waals surface area contributed by atoms with Gasteiger partial charge in [-0.2, -0.15) is 5.10 Å². The van der Waals surface area contributed by atoms with Crippen LogP contribution in [0.25, 0.3) is 16.9 Å². The summed E-state index contributed by atoms with van der Waals surface area (Å²) in [5.41, 5.74) is 3.31. The van der Waals surface area contributed by atoms with E-state index < -0.39 is 5.82 Å². The first-order chi connectivity index (χ1) is 16.9. The Labute approximate surface area is 203 Å². The van der Waals surface area contributed by atoms with E-state index in [1.54, 1.807) is 27.7 Å². The average Bonchev–Trinajstić information content (AvgIpc) is 3.60. The van der Waals surface area contributed by atoms with Gasteiger partial charge in [0.2, 0.25) is 0 Å². The van der Waals surface area contributed by atoms with Crippen molar-refractivity contribution in [3.8, 4) is 11.3 Å². The zero-order valence-corrected chi connectivity index (χ0v) is 20.3. The highest BCUT2D eigenvalue weighted by atomic mass is 19.1. The number of rotatable bonds is 5. The van der Waals surface area contributed by atoms with Gasteiger partial charge in [-0.1, -0.05) is 19.4 Å². The number of ether oxygens (including phenoxy) is 1. The molecule has 35 heavy (non-hydrogen) atoms. The molecule has 2 aliphatic rings. The van der Waals surface area contributed by atoms with Crippen LogP contribution in [0.5, 0.6) is 0 Å². The Kier molecular flexibility index (Phi) is 6.27. The van der Waals surface area contributed by atoms with Crippen molar-refractivity contribution in [2.45, 2.75) is 44.9 Å². The molecule has 0 spiro atoms. The van der Waals surface area contributed by atoms with Crippen LogP contribution < -0.4 is 0 Å². The molecule has 0 radical (unpaired) electrons. The molecule has 1 saturated carbocycles. The Hall–Kier alpha value is -3.33. The SMILES string of the molecule is CCc1cc(C(=O)N2CCCCCN2C)nc2cc(-c3ccc(C4C[C@H]4C(=O)OC)cc3F)nn12. The molecule has 5 rings (SSSR count). The highest BCUT2D eigenvalue weighted by Gasteiger charge is 2.45. The maximum Gasteiger partial charge on any atom is 0.309 e. The van der Waals surface area contributed by atoms with Gasteiger partial charge in [0.25, 0.3) is 5.91 Å². The number of fused-ring (bicyclic) bond motifs is 1. The molecule has 1 aliphatic heterocycles. The number of esters is 1. The lowest BCUT2D eigenvalue weighted by Gasteiger charge is -2.29. The van der Waals surface area contributed by atoms with Crippen LogP contribution in [0.15, 0.2) is 30.3 Å². The van der Waals surface area contributed by atoms with Crippen molar-refractivity contribution in [1.82, 2.24) is 24.6 Å². The molecule has 2 atom stereocenters. The molecule has 1 aliphatic carbocycles. The molecule has 1 unspecified atom stereocenters. The predicted octanol–water partition coefficient (Wildman–Crippen LogP) is 3.85. The van der Waals surface area contributed by atoms with E-state index in [0.717, 1.165) is 37.1 Å². The molecule has 3 aromatic rings. The number of halogens is 1. The number of hydrazine groups is 1. The van der Waals surface area contributed by atoms with Crippen molar-refractivity contribution in [3.63, 3.8) is 0 Å². The van der Waals surface area contributed by atoms with Crippen LogP contribution in [-0.2, 0) is 16.0 Å². The van der Waals surface area contributed by atoms with Gasteiger partial charge in [-0.3, -0.25) is 14.6 Å². The minimum atomic E-state index is -0.401. The highest BCUT2D eigenvalue weighted by Crippen LogP contribution is 2.48. The largest absolute Gasteiger partial charge is 0.469 e. The van der Waals surface area contributed by atoms with Crippen LogP contribution in [0.3, 0.4) is 0 Å². The van der Waals surface area contributed by atoms with Gasteiger partial charge in [-0.25, -0.2) is 18.9 Å². The van der Waals surface area contributed by atoms with Crippen molar-refractivity contribution in [1.29, 1.82) is 0 Å². The fourth-order valence-corrected chi connectivity index (χ4v) is 4.93. The van der Waals surface area contributed by atoms with Crippen LogP contribution in [-0.4, -0.2) is 63.7 Å². The number of hydrogen-bond acceptors (Lipinski definition) is 6. The topological polar surface area (TPSA) is 80.0 Å². The van der Waals surface area contributed by atoms with E-state index in [-0.39, 0.29) is 23.7 Å². The van der Waals surface area contributed by atoms with Crippen LogP contribution in [0.4, 0.5) is 4.39 Å². The van der Waals surface area contributed by atoms with Crippen molar-refractivity contribution >= 4 is 17.5 Å². The van der Waals surface area contributed by atoms with Gasteiger partial charge in [-0.05, 0) is 55.4 Å². The molecule has 184 valence electrons. The zero-order valence-electron chi connectivity index (χ0n) is 20.3. The smallest absolute Gasteiger partial charge is 0.309 e. The third kappa shape index (κ3) is 4.40. The zero-order chi connectivity index (χ0) is 24.7. The molecule has 2 fully saturated rings. The second-order valence-electron chi connectivity index (χ2n) is 9.37. The number of nitrogens with zero attached hydrogens (tertiary/aromatic N) is 5. The summed E-state index contributed by atoms with van der Waals surface area (Å²) >= 11 is 0. The summed E-state index contributed by atoms with van der Waals surface area (Å²) in [4.78, 5) is 29.6. The maximum absolute atomic E-state index is 15.1. The van der Waals surface area contributed by atoms with Crippen molar-refractivity contribution in [3.05, 3.63) is 53.1 Å². The van der Waals surface area contributed by atoms with Crippen LogP contribution >= 0.6 is 0 Å². The Morgan fingerprint density at radius 2 is 1.94 bits per heavy atom. The summed E-state index contributed by atoms with van der Waals surface area (Å²) in [6, 6.07) is 8.52. The van der Waals surface area contributed by atoms with E-state index in [1.165, 1.54) is 13.2 Å². The number of aryl methyl sites for hydroxylation is 1. The Morgan fingerprint density at radius 1 is 1.14 bits per heavy atom. The second-order valence-corrected chi connectivity index (χ2v) is 9.37. The predicted molar refractivity (Wildman–Crippen MR) is 128 cm³/mol. The summed E-state index contributed by atoms with van der Waals surface area (Å²) in [5, 5.41) is 8.34. The molecule has 9 heteroatoms. The average molecular weight is 480 g/mol. The lowest BCUT2D eigenvalue weighted by Crippen LogP contribution is -2.44. The first-order valence-electron chi connectivity index (χ1n) is 12.2. The highest BCUT2D eigenvalue weighted by molar-refractivity contribution is 5.92. The summed E-state index contributed by atoms with van der Waals surface area (Å²) in [6.45, 7) is 3.50. The summed E-state index contributed by atoms with van der Waals surface area (Å²) < 4.78 is 21.6. The molecule has 1 aromatic carbocycles. The van der Waals surface area contributed by atoms with Gasteiger partial charge < -0.3 is 4.74 Å². The van der Waals surface area contributed by atoms with Gasteiger partial charge in [0.15, 0.2) is 5.65 Å². The fourth-order valence-electron chi connectivity index (χ4n) is 4.93. The molecular formula is C26H30FN5O3. The molecular weight excluding hydrogens is 449 g/mol. The number of hydrogen-bond donors (Lipinski definition) is 0. The molecule has 3 heterocycles. The minimum absolute atomic E-state index is 0.00822. The Balaban J connectivity index is 1.45. The molecule has 8 nitrogen and oxygen atoms in total. The number of carbonyl (C=O) groups excluding carboxylic acids is 2. The monoisotopic (exact) mass is 479 g/mol. The van der Waals surface area contributed by atoms with E-state index in [2.05, 4.69) is 10.1 Å². The number of carbonyl (C=O) groups is 2. The van der Waals surface area contributed by atoms with Crippen LogP contribution in [0.2, 0.25) is 0 Å². The van der Waals surface area contributed by atoms with Crippen LogP contribution in [0, 0.1) is 11.7 Å². The molecule has 1 amide bonds. The summed E-state index contributed by atoms with van der Waals surface area (Å²) in [6.07, 6.45) is 4.45. The van der Waals surface area contributed by atoms with E-state index >= 15 is 4.39 Å². The van der Waals surface area contributed by atoms with E-state index in [0.29, 0.717) is 42.0 Å². The molecule has 0 bridgehead atoms. The van der Waals surface area contributed by atoms with Gasteiger partial charge in [0.1, 0.15) is 11.5 Å². The van der Waals surface area contributed by atoms with Crippen molar-refractivity contribution in [2.75, 3.05) is 27.2 Å². The number of benzene rings is 1. The number of methoxy groups -OCH3 is 1. The van der Waals surface area contributed by atoms with Crippen LogP contribution in [0.1, 0.15) is 60.3 Å². The minimum Gasteiger partial charge on any atom is -0.469 e. The normalized spacial score (nSPS) is 20.6. The first kappa shape index (κ1) is 23.4.